The fraction of sp³-hybridized carbons (Fsp3) is 0.0870. The summed E-state index contributed by atoms with van der Waals surface area (Å²) in [6.45, 7) is 0. The third-order valence-electron chi connectivity index (χ3n) is 5.19. The van der Waals surface area contributed by atoms with Crippen molar-refractivity contribution < 1.29 is 0 Å². The number of anilines is 1. The molecule has 0 saturated carbocycles. The number of aromatic amines is 1. The summed E-state index contributed by atoms with van der Waals surface area (Å²) in [5.74, 6) is 0.508. The van der Waals surface area contributed by atoms with Crippen molar-refractivity contribution >= 4 is 27.5 Å². The zero-order chi connectivity index (χ0) is 18.4. The summed E-state index contributed by atoms with van der Waals surface area (Å²) in [6, 6.07) is 23.4. The van der Waals surface area contributed by atoms with Crippen LogP contribution in [0.1, 0.15) is 11.1 Å². The molecular formula is C23H20N4. The van der Waals surface area contributed by atoms with Crippen LogP contribution in [0.5, 0.6) is 0 Å². The predicted octanol–water partition coefficient (Wildman–Crippen LogP) is 4.89. The van der Waals surface area contributed by atoms with Gasteiger partial charge in [0.1, 0.15) is 5.82 Å². The zero-order valence-electron chi connectivity index (χ0n) is 15.1. The standard InChI is InChI=1S/C23H20N4/c1-27-14-18(12-15-9-10-16-5-2-3-6-17(16)11-15)23-19(7-4-8-21(23)27)20-13-22(24)26-25-20/h2-11,13-14H,12H2,1H3,(H3,24,25,26). The highest BCUT2D eigenvalue weighted by molar-refractivity contribution is 5.98. The highest BCUT2D eigenvalue weighted by Gasteiger charge is 2.14. The SMILES string of the molecule is Cn1cc(Cc2ccc3ccccc3c2)c2c(-c3cc(N)n[nH]3)cccc21. The van der Waals surface area contributed by atoms with Gasteiger partial charge in [-0.2, -0.15) is 5.10 Å². The average molecular weight is 352 g/mol. The molecule has 0 amide bonds. The van der Waals surface area contributed by atoms with Crippen molar-refractivity contribution in [2.24, 2.45) is 7.05 Å². The van der Waals surface area contributed by atoms with Gasteiger partial charge >= 0.3 is 0 Å². The second-order valence-corrected chi connectivity index (χ2v) is 7.03. The van der Waals surface area contributed by atoms with Crippen LogP contribution in [0.2, 0.25) is 0 Å². The van der Waals surface area contributed by atoms with Crippen LogP contribution >= 0.6 is 0 Å². The van der Waals surface area contributed by atoms with Gasteiger partial charge < -0.3 is 10.3 Å². The van der Waals surface area contributed by atoms with Crippen LogP contribution in [0.4, 0.5) is 5.82 Å². The summed E-state index contributed by atoms with van der Waals surface area (Å²) in [4.78, 5) is 0. The molecule has 2 heterocycles. The van der Waals surface area contributed by atoms with E-state index in [-0.39, 0.29) is 0 Å². The summed E-state index contributed by atoms with van der Waals surface area (Å²) in [5, 5.41) is 10.9. The maximum Gasteiger partial charge on any atom is 0.145 e. The number of aryl methyl sites for hydroxylation is 1. The van der Waals surface area contributed by atoms with Gasteiger partial charge in [-0.3, -0.25) is 5.10 Å². The van der Waals surface area contributed by atoms with Crippen molar-refractivity contribution in [3.05, 3.63) is 84.1 Å². The zero-order valence-corrected chi connectivity index (χ0v) is 15.1. The second kappa shape index (κ2) is 6.02. The predicted molar refractivity (Wildman–Crippen MR) is 112 cm³/mol. The van der Waals surface area contributed by atoms with Crippen molar-refractivity contribution in [1.82, 2.24) is 14.8 Å². The molecule has 0 aliphatic rings. The lowest BCUT2D eigenvalue weighted by atomic mass is 9.97. The molecule has 132 valence electrons. The largest absolute Gasteiger partial charge is 0.382 e. The Morgan fingerprint density at radius 2 is 1.81 bits per heavy atom. The number of benzene rings is 3. The molecule has 3 aromatic carbocycles. The smallest absolute Gasteiger partial charge is 0.145 e. The van der Waals surface area contributed by atoms with E-state index >= 15 is 0 Å². The molecule has 0 aliphatic carbocycles. The van der Waals surface area contributed by atoms with Gasteiger partial charge in [-0.25, -0.2) is 0 Å². The van der Waals surface area contributed by atoms with Crippen molar-refractivity contribution in [2.75, 3.05) is 5.73 Å². The Labute approximate surface area is 157 Å². The molecule has 0 saturated heterocycles. The van der Waals surface area contributed by atoms with E-state index in [1.807, 2.05) is 6.07 Å². The summed E-state index contributed by atoms with van der Waals surface area (Å²) in [5.41, 5.74) is 11.7. The normalized spacial score (nSPS) is 11.4. The van der Waals surface area contributed by atoms with Crippen LogP contribution in [-0.4, -0.2) is 14.8 Å². The first-order valence-electron chi connectivity index (χ1n) is 9.05. The number of nitrogens with zero attached hydrogens (tertiary/aromatic N) is 2. The molecule has 0 unspecified atom stereocenters. The van der Waals surface area contributed by atoms with E-state index in [4.69, 9.17) is 5.73 Å². The van der Waals surface area contributed by atoms with E-state index < -0.39 is 0 Å². The number of aromatic nitrogens is 3. The van der Waals surface area contributed by atoms with Gasteiger partial charge in [0, 0.05) is 35.8 Å². The minimum absolute atomic E-state index is 0.508. The highest BCUT2D eigenvalue weighted by Crippen LogP contribution is 2.33. The van der Waals surface area contributed by atoms with Gasteiger partial charge in [0.2, 0.25) is 0 Å². The van der Waals surface area contributed by atoms with Gasteiger partial charge in [-0.05, 0) is 34.4 Å². The molecule has 0 atom stereocenters. The summed E-state index contributed by atoms with van der Waals surface area (Å²) in [7, 11) is 2.09. The highest BCUT2D eigenvalue weighted by atomic mass is 15.2. The lowest BCUT2D eigenvalue weighted by Gasteiger charge is -2.06. The van der Waals surface area contributed by atoms with Crippen LogP contribution in [0.15, 0.2) is 72.9 Å². The van der Waals surface area contributed by atoms with Gasteiger partial charge in [0.15, 0.2) is 0 Å². The molecule has 4 heteroatoms. The average Bonchev–Trinajstić information content (AvgIpc) is 3.25. The van der Waals surface area contributed by atoms with Crippen LogP contribution in [0.3, 0.4) is 0 Å². The Kier molecular flexibility index (Phi) is 3.50. The van der Waals surface area contributed by atoms with Gasteiger partial charge in [0.05, 0.1) is 5.69 Å². The number of nitrogens with two attached hydrogens (primary N) is 1. The van der Waals surface area contributed by atoms with Crippen molar-refractivity contribution in [3.63, 3.8) is 0 Å². The minimum Gasteiger partial charge on any atom is -0.382 e. The number of fused-ring (bicyclic) bond motifs is 2. The van der Waals surface area contributed by atoms with Gasteiger partial charge in [0.25, 0.3) is 0 Å². The molecule has 0 fully saturated rings. The fourth-order valence-electron chi connectivity index (χ4n) is 3.94. The first-order chi connectivity index (χ1) is 13.2. The third-order valence-corrected chi connectivity index (χ3v) is 5.19. The molecule has 4 nitrogen and oxygen atoms in total. The van der Waals surface area contributed by atoms with Crippen molar-refractivity contribution in [1.29, 1.82) is 0 Å². The molecule has 0 radical (unpaired) electrons. The Hall–Kier alpha value is -3.53. The van der Waals surface area contributed by atoms with Crippen molar-refractivity contribution in [3.8, 4) is 11.3 Å². The summed E-state index contributed by atoms with van der Waals surface area (Å²) < 4.78 is 2.19. The lowest BCUT2D eigenvalue weighted by Crippen LogP contribution is -1.89. The third kappa shape index (κ3) is 2.66. The first-order valence-corrected chi connectivity index (χ1v) is 9.05. The van der Waals surface area contributed by atoms with Crippen LogP contribution in [0.25, 0.3) is 32.9 Å². The second-order valence-electron chi connectivity index (χ2n) is 7.03. The number of rotatable bonds is 3. The number of hydrogen-bond acceptors (Lipinski definition) is 2. The quantitative estimate of drug-likeness (QED) is 0.485. The molecular weight excluding hydrogens is 332 g/mol. The molecule has 0 bridgehead atoms. The molecule has 0 aliphatic heterocycles. The van der Waals surface area contributed by atoms with Gasteiger partial charge in [-0.15, -0.1) is 0 Å². The molecule has 27 heavy (non-hydrogen) atoms. The summed E-state index contributed by atoms with van der Waals surface area (Å²) in [6.07, 6.45) is 3.10. The van der Waals surface area contributed by atoms with E-state index in [1.165, 1.54) is 32.8 Å². The molecule has 5 aromatic rings. The van der Waals surface area contributed by atoms with E-state index in [1.54, 1.807) is 0 Å². The monoisotopic (exact) mass is 352 g/mol. The number of hydrogen-bond donors (Lipinski definition) is 2. The molecule has 5 rings (SSSR count). The number of nitrogens with one attached hydrogen (secondary N) is 1. The lowest BCUT2D eigenvalue weighted by molar-refractivity contribution is 0.958. The summed E-state index contributed by atoms with van der Waals surface area (Å²) >= 11 is 0. The Balaban J connectivity index is 1.66. The maximum absolute atomic E-state index is 5.83. The van der Waals surface area contributed by atoms with E-state index in [2.05, 4.69) is 88.7 Å². The van der Waals surface area contributed by atoms with Gasteiger partial charge in [-0.1, -0.05) is 54.6 Å². The Morgan fingerprint density at radius 3 is 2.63 bits per heavy atom. The number of nitrogen functional groups attached to an aromatic ring is 1. The fourth-order valence-corrected chi connectivity index (χ4v) is 3.94. The molecule has 3 N–H and O–H groups in total. The first kappa shape index (κ1) is 15.7. The van der Waals surface area contributed by atoms with E-state index in [0.717, 1.165) is 17.7 Å². The van der Waals surface area contributed by atoms with E-state index in [0.29, 0.717) is 5.82 Å². The van der Waals surface area contributed by atoms with Crippen molar-refractivity contribution in [2.45, 2.75) is 6.42 Å². The van der Waals surface area contributed by atoms with E-state index in [9.17, 15) is 0 Å². The Bertz CT molecular complexity index is 1280. The molecule has 0 spiro atoms. The maximum atomic E-state index is 5.83. The van der Waals surface area contributed by atoms with Crippen LogP contribution < -0.4 is 5.73 Å². The topological polar surface area (TPSA) is 59.6 Å². The number of H-pyrrole nitrogens is 1. The van der Waals surface area contributed by atoms with Crippen LogP contribution in [0, 0.1) is 0 Å². The van der Waals surface area contributed by atoms with Crippen LogP contribution in [-0.2, 0) is 13.5 Å². The minimum atomic E-state index is 0.508. The Morgan fingerprint density at radius 1 is 0.963 bits per heavy atom. The molecule has 2 aromatic heterocycles.